The van der Waals surface area contributed by atoms with Gasteiger partial charge in [0.05, 0.1) is 6.10 Å². The maximum atomic E-state index is 11.8. The molecule has 23 heavy (non-hydrogen) atoms. The highest BCUT2D eigenvalue weighted by Gasteiger charge is 2.03. The van der Waals surface area contributed by atoms with Gasteiger partial charge in [0.2, 0.25) is 0 Å². The fourth-order valence-corrected chi connectivity index (χ4v) is 2.10. The lowest BCUT2D eigenvalue weighted by Gasteiger charge is -2.11. The van der Waals surface area contributed by atoms with Crippen molar-refractivity contribution in [1.29, 1.82) is 0 Å². The van der Waals surface area contributed by atoms with Crippen molar-refractivity contribution >= 4 is 6.03 Å². The summed E-state index contributed by atoms with van der Waals surface area (Å²) >= 11 is 0. The monoisotopic (exact) mass is 313 g/mol. The summed E-state index contributed by atoms with van der Waals surface area (Å²) in [4.78, 5) is 16.0. The Morgan fingerprint density at radius 3 is 2.78 bits per heavy atom. The summed E-state index contributed by atoms with van der Waals surface area (Å²) < 4.78 is 5.64. The topological polar surface area (TPSA) is 63.2 Å². The van der Waals surface area contributed by atoms with Crippen LogP contribution in [0.4, 0.5) is 4.79 Å². The van der Waals surface area contributed by atoms with Crippen molar-refractivity contribution in [2.45, 2.75) is 32.9 Å². The van der Waals surface area contributed by atoms with Crippen molar-refractivity contribution in [3.05, 3.63) is 59.9 Å². The van der Waals surface area contributed by atoms with E-state index in [2.05, 4.69) is 15.6 Å². The van der Waals surface area contributed by atoms with Crippen molar-refractivity contribution in [2.75, 3.05) is 6.54 Å². The van der Waals surface area contributed by atoms with E-state index in [-0.39, 0.29) is 12.1 Å². The molecule has 0 aliphatic rings. The third-order valence-electron chi connectivity index (χ3n) is 3.12. The molecule has 2 rings (SSSR count). The molecule has 1 aromatic carbocycles. The van der Waals surface area contributed by atoms with E-state index in [1.165, 1.54) is 0 Å². The van der Waals surface area contributed by atoms with Gasteiger partial charge in [0.1, 0.15) is 5.75 Å². The second-order valence-corrected chi connectivity index (χ2v) is 5.49. The summed E-state index contributed by atoms with van der Waals surface area (Å²) in [5, 5.41) is 5.67. The van der Waals surface area contributed by atoms with Crippen LogP contribution in [-0.2, 0) is 13.0 Å². The number of ether oxygens (including phenoxy) is 1. The molecule has 5 heteroatoms. The van der Waals surface area contributed by atoms with E-state index in [0.29, 0.717) is 19.5 Å². The Bertz CT molecular complexity index is 615. The number of nitrogens with one attached hydrogen (secondary N) is 2. The Hall–Kier alpha value is -2.56. The highest BCUT2D eigenvalue weighted by atomic mass is 16.5. The molecule has 0 aliphatic heterocycles. The summed E-state index contributed by atoms with van der Waals surface area (Å²) in [6, 6.07) is 13.3. The van der Waals surface area contributed by atoms with Gasteiger partial charge in [-0.1, -0.05) is 18.2 Å². The van der Waals surface area contributed by atoms with Crippen LogP contribution in [0.2, 0.25) is 0 Å². The quantitative estimate of drug-likeness (QED) is 0.826. The molecular weight excluding hydrogens is 290 g/mol. The molecule has 2 amide bonds. The zero-order valence-corrected chi connectivity index (χ0v) is 13.6. The Labute approximate surface area is 137 Å². The number of carbonyl (C=O) groups is 1. The van der Waals surface area contributed by atoms with Crippen LogP contribution >= 0.6 is 0 Å². The van der Waals surface area contributed by atoms with Crippen LogP contribution in [0.15, 0.2) is 48.7 Å². The first-order valence-electron chi connectivity index (χ1n) is 7.80. The summed E-state index contributed by atoms with van der Waals surface area (Å²) in [6.45, 7) is 4.99. The molecule has 0 unspecified atom stereocenters. The fourth-order valence-electron chi connectivity index (χ4n) is 2.10. The zero-order valence-electron chi connectivity index (χ0n) is 13.6. The standard InChI is InChI=1S/C18H23N3O2/c1-14(2)23-17-8-5-6-15(12-17)13-21-18(22)20-11-9-16-7-3-4-10-19-16/h3-8,10,12,14H,9,11,13H2,1-2H3,(H2,20,21,22). The lowest BCUT2D eigenvalue weighted by Crippen LogP contribution is -2.36. The van der Waals surface area contributed by atoms with Crippen LogP contribution in [0, 0.1) is 0 Å². The molecule has 0 spiro atoms. The van der Waals surface area contributed by atoms with Crippen LogP contribution < -0.4 is 15.4 Å². The highest BCUT2D eigenvalue weighted by Crippen LogP contribution is 2.14. The smallest absolute Gasteiger partial charge is 0.315 e. The molecular formula is C18H23N3O2. The Morgan fingerprint density at radius 2 is 2.04 bits per heavy atom. The summed E-state index contributed by atoms with van der Waals surface area (Å²) in [5.74, 6) is 0.815. The van der Waals surface area contributed by atoms with E-state index in [9.17, 15) is 4.79 Å². The minimum absolute atomic E-state index is 0.133. The molecule has 0 aliphatic carbocycles. The SMILES string of the molecule is CC(C)Oc1cccc(CNC(=O)NCCc2ccccn2)c1. The first-order chi connectivity index (χ1) is 11.1. The van der Waals surface area contributed by atoms with Gasteiger partial charge in [-0.25, -0.2) is 4.79 Å². The van der Waals surface area contributed by atoms with Crippen molar-refractivity contribution in [3.8, 4) is 5.75 Å². The number of urea groups is 1. The molecule has 0 bridgehead atoms. The van der Waals surface area contributed by atoms with Gasteiger partial charge < -0.3 is 15.4 Å². The van der Waals surface area contributed by atoms with Gasteiger partial charge in [-0.3, -0.25) is 4.98 Å². The average Bonchev–Trinajstić information content (AvgIpc) is 2.54. The Morgan fingerprint density at radius 1 is 1.17 bits per heavy atom. The summed E-state index contributed by atoms with van der Waals surface area (Å²) in [7, 11) is 0. The van der Waals surface area contributed by atoms with E-state index >= 15 is 0 Å². The molecule has 2 aromatic rings. The molecule has 0 fully saturated rings. The number of hydrogen-bond donors (Lipinski definition) is 2. The van der Waals surface area contributed by atoms with Crippen molar-refractivity contribution in [3.63, 3.8) is 0 Å². The van der Waals surface area contributed by atoms with Gasteiger partial charge in [-0.05, 0) is 43.7 Å². The number of rotatable bonds is 7. The summed E-state index contributed by atoms with van der Waals surface area (Å²) in [6.07, 6.45) is 2.60. The lowest BCUT2D eigenvalue weighted by atomic mass is 10.2. The lowest BCUT2D eigenvalue weighted by molar-refractivity contribution is 0.239. The maximum Gasteiger partial charge on any atom is 0.315 e. The van der Waals surface area contributed by atoms with Gasteiger partial charge >= 0.3 is 6.03 Å². The zero-order chi connectivity index (χ0) is 16.5. The predicted octanol–water partition coefficient (Wildman–Crippen LogP) is 2.91. The number of pyridine rings is 1. The van der Waals surface area contributed by atoms with Crippen LogP contribution in [0.1, 0.15) is 25.1 Å². The van der Waals surface area contributed by atoms with E-state index < -0.39 is 0 Å². The van der Waals surface area contributed by atoms with Crippen molar-refractivity contribution < 1.29 is 9.53 Å². The third kappa shape index (κ3) is 6.38. The third-order valence-corrected chi connectivity index (χ3v) is 3.12. The Kier molecular flexibility index (Phi) is 6.41. The average molecular weight is 313 g/mol. The van der Waals surface area contributed by atoms with Gasteiger partial charge in [-0.15, -0.1) is 0 Å². The molecule has 2 N–H and O–H groups in total. The first-order valence-corrected chi connectivity index (χ1v) is 7.80. The highest BCUT2D eigenvalue weighted by molar-refractivity contribution is 5.73. The van der Waals surface area contributed by atoms with E-state index in [1.807, 2.05) is 56.3 Å². The second kappa shape index (κ2) is 8.78. The largest absolute Gasteiger partial charge is 0.491 e. The van der Waals surface area contributed by atoms with Crippen molar-refractivity contribution in [1.82, 2.24) is 15.6 Å². The van der Waals surface area contributed by atoms with Crippen LogP contribution in [0.5, 0.6) is 5.75 Å². The number of amides is 2. The minimum atomic E-state index is -0.184. The van der Waals surface area contributed by atoms with E-state index in [0.717, 1.165) is 17.0 Å². The minimum Gasteiger partial charge on any atom is -0.491 e. The molecule has 0 atom stereocenters. The van der Waals surface area contributed by atoms with Gasteiger partial charge in [-0.2, -0.15) is 0 Å². The van der Waals surface area contributed by atoms with Gasteiger partial charge in [0.25, 0.3) is 0 Å². The van der Waals surface area contributed by atoms with Crippen molar-refractivity contribution in [2.24, 2.45) is 0 Å². The number of carbonyl (C=O) groups excluding carboxylic acids is 1. The molecule has 5 nitrogen and oxygen atoms in total. The predicted molar refractivity (Wildman–Crippen MR) is 90.4 cm³/mol. The Balaban J connectivity index is 1.71. The first kappa shape index (κ1) is 16.8. The molecule has 0 radical (unpaired) electrons. The molecule has 0 saturated carbocycles. The van der Waals surface area contributed by atoms with Crippen LogP contribution in [0.25, 0.3) is 0 Å². The molecule has 1 heterocycles. The molecule has 1 aromatic heterocycles. The second-order valence-electron chi connectivity index (χ2n) is 5.49. The number of benzene rings is 1. The normalized spacial score (nSPS) is 10.4. The van der Waals surface area contributed by atoms with E-state index in [1.54, 1.807) is 6.20 Å². The summed E-state index contributed by atoms with van der Waals surface area (Å²) in [5.41, 5.74) is 1.97. The number of aromatic nitrogens is 1. The maximum absolute atomic E-state index is 11.8. The van der Waals surface area contributed by atoms with Crippen LogP contribution in [-0.4, -0.2) is 23.7 Å². The molecule has 0 saturated heterocycles. The molecule has 122 valence electrons. The van der Waals surface area contributed by atoms with E-state index in [4.69, 9.17) is 4.74 Å². The number of nitrogens with zero attached hydrogens (tertiary/aromatic N) is 1. The number of hydrogen-bond acceptors (Lipinski definition) is 3. The van der Waals surface area contributed by atoms with Crippen LogP contribution in [0.3, 0.4) is 0 Å². The fraction of sp³-hybridized carbons (Fsp3) is 0.333. The van der Waals surface area contributed by atoms with Gasteiger partial charge in [0.15, 0.2) is 0 Å². The van der Waals surface area contributed by atoms with Gasteiger partial charge in [0, 0.05) is 31.4 Å².